The molecule has 2 unspecified atom stereocenters. The van der Waals surface area contributed by atoms with E-state index >= 15 is 0 Å². The molecule has 1 aliphatic carbocycles. The van der Waals surface area contributed by atoms with Crippen molar-refractivity contribution in [2.45, 2.75) is 59.3 Å². The van der Waals surface area contributed by atoms with Crippen molar-refractivity contribution < 1.29 is 9.59 Å². The van der Waals surface area contributed by atoms with Crippen LogP contribution in [0, 0.1) is 11.3 Å². The van der Waals surface area contributed by atoms with Gasteiger partial charge in [0, 0.05) is 0 Å². The number of rotatable bonds is 3. The van der Waals surface area contributed by atoms with Crippen LogP contribution in [0.5, 0.6) is 0 Å². The van der Waals surface area contributed by atoms with Gasteiger partial charge in [0.1, 0.15) is 0 Å². The third-order valence-corrected chi connectivity index (χ3v) is 3.81. The molecule has 2 atom stereocenters. The number of allylic oxidation sites excluding steroid dienone is 1. The minimum absolute atomic E-state index is 0.105. The number of nitrogens with one attached hydrogen (secondary N) is 1. The van der Waals surface area contributed by atoms with Gasteiger partial charge in [-0.15, -0.1) is 0 Å². The van der Waals surface area contributed by atoms with Crippen molar-refractivity contribution in [3.8, 4) is 0 Å². The van der Waals surface area contributed by atoms with E-state index in [4.69, 9.17) is 0 Å². The van der Waals surface area contributed by atoms with E-state index < -0.39 is 5.41 Å². The standard InChI is InChI=1S/C9H11NO2.C6H14/c1-9-5-3-2-4-6(9)7(11)10-8(9)12;1-3-5-6-4-2/h3,5-6H,2,4H2,1H3,(H,10,11,12);3-6H2,1-2H3. The molecule has 0 saturated carbocycles. The van der Waals surface area contributed by atoms with E-state index in [0.717, 1.165) is 12.8 Å². The predicted octanol–water partition coefficient (Wildman–Crippen LogP) is 3.20. The maximum Gasteiger partial charge on any atom is 0.237 e. The highest BCUT2D eigenvalue weighted by Crippen LogP contribution is 2.40. The van der Waals surface area contributed by atoms with Crippen molar-refractivity contribution in [1.82, 2.24) is 5.32 Å². The first-order chi connectivity index (χ1) is 8.56. The van der Waals surface area contributed by atoms with Crippen molar-refractivity contribution in [3.63, 3.8) is 0 Å². The Balaban J connectivity index is 0.000000232. The second-order valence-electron chi connectivity index (χ2n) is 5.34. The van der Waals surface area contributed by atoms with Gasteiger partial charge >= 0.3 is 0 Å². The Morgan fingerprint density at radius 3 is 2.39 bits per heavy atom. The van der Waals surface area contributed by atoms with Crippen molar-refractivity contribution in [2.75, 3.05) is 0 Å². The topological polar surface area (TPSA) is 46.2 Å². The Kier molecular flexibility index (Phi) is 5.57. The molecule has 2 rings (SSSR count). The van der Waals surface area contributed by atoms with Gasteiger partial charge in [0.05, 0.1) is 11.3 Å². The van der Waals surface area contributed by atoms with E-state index in [1.165, 1.54) is 25.7 Å². The molecule has 2 amide bonds. The van der Waals surface area contributed by atoms with Gasteiger partial charge in [0.15, 0.2) is 0 Å². The SMILES string of the molecule is CC12C=CCCC1C(=O)NC2=O.CCCCCC. The van der Waals surface area contributed by atoms with Crippen LogP contribution in [0.1, 0.15) is 59.3 Å². The van der Waals surface area contributed by atoms with Gasteiger partial charge in [-0.2, -0.15) is 0 Å². The van der Waals surface area contributed by atoms with Gasteiger partial charge < -0.3 is 0 Å². The van der Waals surface area contributed by atoms with Crippen LogP contribution >= 0.6 is 0 Å². The summed E-state index contributed by atoms with van der Waals surface area (Å²) in [4.78, 5) is 22.6. The van der Waals surface area contributed by atoms with Crippen LogP contribution in [-0.4, -0.2) is 11.8 Å². The zero-order valence-electron chi connectivity index (χ0n) is 11.8. The minimum atomic E-state index is -0.560. The highest BCUT2D eigenvalue weighted by atomic mass is 16.2. The number of hydrogen-bond donors (Lipinski definition) is 1. The number of hydrogen-bond acceptors (Lipinski definition) is 2. The van der Waals surface area contributed by atoms with Gasteiger partial charge in [-0.05, 0) is 19.8 Å². The van der Waals surface area contributed by atoms with Crippen LogP contribution < -0.4 is 5.32 Å². The average molecular weight is 251 g/mol. The minimum Gasteiger partial charge on any atom is -0.295 e. The van der Waals surface area contributed by atoms with Crippen molar-refractivity contribution >= 4 is 11.8 Å². The zero-order valence-corrected chi connectivity index (χ0v) is 11.8. The third kappa shape index (κ3) is 3.21. The maximum atomic E-state index is 11.4. The largest absolute Gasteiger partial charge is 0.295 e. The summed E-state index contributed by atoms with van der Waals surface area (Å²) in [5.74, 6) is -0.379. The Labute approximate surface area is 110 Å². The zero-order chi connectivity index (χ0) is 13.6. The first kappa shape index (κ1) is 14.9. The van der Waals surface area contributed by atoms with Crippen LogP contribution in [0.4, 0.5) is 0 Å². The second-order valence-corrected chi connectivity index (χ2v) is 5.34. The molecule has 3 nitrogen and oxygen atoms in total. The molecule has 18 heavy (non-hydrogen) atoms. The van der Waals surface area contributed by atoms with E-state index in [0.29, 0.717) is 0 Å². The number of amides is 2. The molecule has 0 radical (unpaired) electrons. The average Bonchev–Trinajstić information content (AvgIpc) is 2.59. The van der Waals surface area contributed by atoms with Gasteiger partial charge in [0.25, 0.3) is 0 Å². The number of carbonyl (C=O) groups is 2. The summed E-state index contributed by atoms with van der Waals surface area (Å²) in [5, 5.41) is 2.37. The molecule has 1 fully saturated rings. The molecule has 102 valence electrons. The first-order valence-corrected chi connectivity index (χ1v) is 7.09. The number of imide groups is 1. The summed E-state index contributed by atoms with van der Waals surface area (Å²) < 4.78 is 0. The van der Waals surface area contributed by atoms with Gasteiger partial charge in [-0.1, -0.05) is 51.7 Å². The lowest BCUT2D eigenvalue weighted by molar-refractivity contribution is -0.126. The van der Waals surface area contributed by atoms with Crippen LogP contribution in [0.25, 0.3) is 0 Å². The lowest BCUT2D eigenvalue weighted by Gasteiger charge is -2.26. The molecule has 0 aromatic carbocycles. The molecule has 0 aromatic heterocycles. The van der Waals surface area contributed by atoms with Crippen LogP contribution in [0.3, 0.4) is 0 Å². The monoisotopic (exact) mass is 251 g/mol. The lowest BCUT2D eigenvalue weighted by atomic mass is 9.73. The van der Waals surface area contributed by atoms with Crippen molar-refractivity contribution in [2.24, 2.45) is 11.3 Å². The fourth-order valence-electron chi connectivity index (χ4n) is 2.48. The first-order valence-electron chi connectivity index (χ1n) is 7.09. The van der Waals surface area contributed by atoms with E-state index in [9.17, 15) is 9.59 Å². The molecule has 1 N–H and O–H groups in total. The third-order valence-electron chi connectivity index (χ3n) is 3.81. The Bertz CT molecular complexity index is 331. The molecule has 1 aliphatic heterocycles. The number of fused-ring (bicyclic) bond motifs is 1. The molecule has 2 aliphatic rings. The molecule has 0 aromatic rings. The second kappa shape index (κ2) is 6.72. The summed E-state index contributed by atoms with van der Waals surface area (Å²) in [6, 6.07) is 0. The van der Waals surface area contributed by atoms with Crippen LogP contribution in [0.15, 0.2) is 12.2 Å². The highest BCUT2D eigenvalue weighted by molar-refractivity contribution is 6.08. The van der Waals surface area contributed by atoms with E-state index in [1.54, 1.807) is 0 Å². The summed E-state index contributed by atoms with van der Waals surface area (Å²) in [6.07, 6.45) is 11.1. The quantitative estimate of drug-likeness (QED) is 0.475. The molecular formula is C15H25NO2. The summed E-state index contributed by atoms with van der Waals surface area (Å²) in [7, 11) is 0. The maximum absolute atomic E-state index is 11.4. The van der Waals surface area contributed by atoms with E-state index in [1.807, 2.05) is 19.1 Å². The van der Waals surface area contributed by atoms with Gasteiger partial charge in [-0.25, -0.2) is 0 Å². The molecular weight excluding hydrogens is 226 g/mol. The lowest BCUT2D eigenvalue weighted by Crippen LogP contribution is -2.31. The van der Waals surface area contributed by atoms with Crippen LogP contribution in [0.2, 0.25) is 0 Å². The van der Waals surface area contributed by atoms with E-state index in [-0.39, 0.29) is 17.7 Å². The van der Waals surface area contributed by atoms with E-state index in [2.05, 4.69) is 19.2 Å². The molecule has 3 heteroatoms. The molecule has 1 heterocycles. The molecule has 0 bridgehead atoms. The molecule has 0 spiro atoms. The van der Waals surface area contributed by atoms with Crippen molar-refractivity contribution in [1.29, 1.82) is 0 Å². The Morgan fingerprint density at radius 1 is 1.28 bits per heavy atom. The number of unbranched alkanes of at least 4 members (excludes halogenated alkanes) is 3. The number of carbonyl (C=O) groups excluding carboxylic acids is 2. The predicted molar refractivity (Wildman–Crippen MR) is 72.9 cm³/mol. The normalized spacial score (nSPS) is 29.4. The molecule has 1 saturated heterocycles. The van der Waals surface area contributed by atoms with Gasteiger partial charge in [-0.3, -0.25) is 14.9 Å². The van der Waals surface area contributed by atoms with Crippen molar-refractivity contribution in [3.05, 3.63) is 12.2 Å². The summed E-state index contributed by atoms with van der Waals surface area (Å²) in [5.41, 5.74) is -0.560. The summed E-state index contributed by atoms with van der Waals surface area (Å²) >= 11 is 0. The highest BCUT2D eigenvalue weighted by Gasteiger charge is 2.50. The Morgan fingerprint density at radius 2 is 1.89 bits per heavy atom. The van der Waals surface area contributed by atoms with Crippen LogP contribution in [-0.2, 0) is 9.59 Å². The smallest absolute Gasteiger partial charge is 0.237 e. The fraction of sp³-hybridized carbons (Fsp3) is 0.733. The Hall–Kier alpha value is -1.12. The summed E-state index contributed by atoms with van der Waals surface area (Å²) in [6.45, 7) is 6.29. The fourth-order valence-corrected chi connectivity index (χ4v) is 2.48. The van der Waals surface area contributed by atoms with Gasteiger partial charge in [0.2, 0.25) is 11.8 Å².